The number of nitrogens with zero attached hydrogens (tertiary/aromatic N) is 1. The van der Waals surface area contributed by atoms with E-state index in [0.717, 1.165) is 19.3 Å². The Morgan fingerprint density at radius 2 is 1.52 bits per heavy atom. The third kappa shape index (κ3) is 12.0. The van der Waals surface area contributed by atoms with Gasteiger partial charge in [0, 0.05) is 6.42 Å². The lowest BCUT2D eigenvalue weighted by Gasteiger charge is -2.17. The third-order valence-corrected chi connectivity index (χ3v) is 3.46. The molecular weight excluding hydrogens is 266 g/mol. The highest BCUT2D eigenvalue weighted by Gasteiger charge is 2.14. The van der Waals surface area contributed by atoms with E-state index < -0.39 is 5.97 Å². The van der Waals surface area contributed by atoms with E-state index in [1.54, 1.807) is 0 Å². The summed E-state index contributed by atoms with van der Waals surface area (Å²) in [6.07, 6.45) is 16.3. The van der Waals surface area contributed by atoms with E-state index in [-0.39, 0.29) is 19.0 Å². The van der Waals surface area contributed by atoms with Crippen LogP contribution in [0, 0.1) is 12.3 Å². The molecule has 0 aromatic carbocycles. The summed E-state index contributed by atoms with van der Waals surface area (Å²) in [5, 5.41) is 8.73. The number of unbranched alkanes of at least 4 members (excludes halogenated alkanes) is 8. The van der Waals surface area contributed by atoms with Crippen molar-refractivity contribution < 1.29 is 14.7 Å². The molecule has 0 radical (unpaired) electrons. The van der Waals surface area contributed by atoms with Crippen molar-refractivity contribution in [2.45, 2.75) is 71.1 Å². The standard InChI is InChI=1S/C17H29NO3/c1-3-5-6-7-8-9-10-11-12-13-16(19)18(14-4-2)15-17(20)21/h2H,3,5-15H2,1H3,(H,20,21). The SMILES string of the molecule is C#CCN(CC(=O)O)C(=O)CCCCCCCCCCC. The van der Waals surface area contributed by atoms with Crippen LogP contribution < -0.4 is 0 Å². The largest absolute Gasteiger partial charge is 0.480 e. The number of rotatable bonds is 13. The molecule has 0 saturated carbocycles. The molecule has 0 heterocycles. The fourth-order valence-corrected chi connectivity index (χ4v) is 2.25. The van der Waals surface area contributed by atoms with E-state index >= 15 is 0 Å². The van der Waals surface area contributed by atoms with E-state index in [1.165, 1.54) is 43.4 Å². The van der Waals surface area contributed by atoms with Gasteiger partial charge in [-0.15, -0.1) is 6.42 Å². The topological polar surface area (TPSA) is 57.6 Å². The van der Waals surface area contributed by atoms with E-state index in [9.17, 15) is 9.59 Å². The molecule has 0 rings (SSSR count). The van der Waals surface area contributed by atoms with Crippen LogP contribution in [0.3, 0.4) is 0 Å². The maximum absolute atomic E-state index is 11.8. The number of hydrogen-bond acceptors (Lipinski definition) is 2. The van der Waals surface area contributed by atoms with Crippen molar-refractivity contribution in [3.05, 3.63) is 0 Å². The van der Waals surface area contributed by atoms with E-state index in [2.05, 4.69) is 12.8 Å². The molecule has 0 aliphatic rings. The minimum Gasteiger partial charge on any atom is -0.480 e. The summed E-state index contributed by atoms with van der Waals surface area (Å²) in [6, 6.07) is 0. The fourth-order valence-electron chi connectivity index (χ4n) is 2.25. The summed E-state index contributed by atoms with van der Waals surface area (Å²) in [4.78, 5) is 23.7. The molecule has 4 heteroatoms. The number of carbonyl (C=O) groups is 2. The number of hydrogen-bond donors (Lipinski definition) is 1. The number of carboxylic acids is 1. The molecule has 120 valence electrons. The first-order valence-electron chi connectivity index (χ1n) is 8.04. The first-order chi connectivity index (χ1) is 10.1. The smallest absolute Gasteiger partial charge is 0.323 e. The molecule has 0 bridgehead atoms. The molecular formula is C17H29NO3. The van der Waals surface area contributed by atoms with Crippen molar-refractivity contribution in [1.82, 2.24) is 4.90 Å². The van der Waals surface area contributed by atoms with Gasteiger partial charge in [0.1, 0.15) is 6.54 Å². The van der Waals surface area contributed by atoms with Gasteiger partial charge in [-0.1, -0.05) is 64.2 Å². The molecule has 0 fully saturated rings. The van der Waals surface area contributed by atoms with Gasteiger partial charge >= 0.3 is 5.97 Å². The third-order valence-electron chi connectivity index (χ3n) is 3.46. The number of carbonyl (C=O) groups excluding carboxylic acids is 1. The summed E-state index contributed by atoms with van der Waals surface area (Å²) >= 11 is 0. The molecule has 0 spiro atoms. The lowest BCUT2D eigenvalue weighted by atomic mass is 10.1. The van der Waals surface area contributed by atoms with Gasteiger partial charge in [0.15, 0.2) is 0 Å². The minimum absolute atomic E-state index is 0.0720. The van der Waals surface area contributed by atoms with Crippen LogP contribution in [0.15, 0.2) is 0 Å². The number of carboxylic acid groups (broad SMARTS) is 1. The Bertz CT molecular complexity index is 333. The Balaban J connectivity index is 3.63. The van der Waals surface area contributed by atoms with Crippen LogP contribution in [0.1, 0.15) is 71.1 Å². The Kier molecular flexibility index (Phi) is 12.5. The van der Waals surface area contributed by atoms with Crippen molar-refractivity contribution >= 4 is 11.9 Å². The molecule has 0 aliphatic heterocycles. The second-order valence-electron chi connectivity index (χ2n) is 5.43. The lowest BCUT2D eigenvalue weighted by Crippen LogP contribution is -2.35. The Labute approximate surface area is 128 Å². The van der Waals surface area contributed by atoms with Crippen molar-refractivity contribution in [1.29, 1.82) is 0 Å². The molecule has 1 amide bonds. The van der Waals surface area contributed by atoms with Crippen LogP contribution in [-0.2, 0) is 9.59 Å². The Morgan fingerprint density at radius 3 is 2.00 bits per heavy atom. The summed E-state index contributed by atoms with van der Waals surface area (Å²) < 4.78 is 0. The monoisotopic (exact) mass is 295 g/mol. The van der Waals surface area contributed by atoms with Crippen molar-refractivity contribution in [2.24, 2.45) is 0 Å². The first-order valence-corrected chi connectivity index (χ1v) is 8.04. The van der Waals surface area contributed by atoms with Crippen LogP contribution >= 0.6 is 0 Å². The first kappa shape index (κ1) is 19.5. The highest BCUT2D eigenvalue weighted by Crippen LogP contribution is 2.11. The van der Waals surface area contributed by atoms with Gasteiger partial charge in [0.2, 0.25) is 5.91 Å². The summed E-state index contributed by atoms with van der Waals surface area (Å²) in [7, 11) is 0. The zero-order chi connectivity index (χ0) is 15.9. The van der Waals surface area contributed by atoms with Gasteiger partial charge in [0.25, 0.3) is 0 Å². The van der Waals surface area contributed by atoms with Crippen LogP contribution in [0.2, 0.25) is 0 Å². The second kappa shape index (κ2) is 13.5. The molecule has 0 unspecified atom stereocenters. The average molecular weight is 295 g/mol. The number of terminal acetylenes is 1. The van der Waals surface area contributed by atoms with Crippen LogP contribution in [0.4, 0.5) is 0 Å². The van der Waals surface area contributed by atoms with Gasteiger partial charge < -0.3 is 10.0 Å². The van der Waals surface area contributed by atoms with E-state index in [1.807, 2.05) is 0 Å². The molecule has 0 aromatic rings. The van der Waals surface area contributed by atoms with Crippen LogP contribution in [0.25, 0.3) is 0 Å². The predicted octanol–water partition coefficient (Wildman–Crippen LogP) is 3.45. The highest BCUT2D eigenvalue weighted by atomic mass is 16.4. The summed E-state index contributed by atoms with van der Waals surface area (Å²) in [5.74, 6) is 1.15. The molecule has 0 aromatic heterocycles. The Hall–Kier alpha value is -1.50. The highest BCUT2D eigenvalue weighted by molar-refractivity contribution is 5.81. The predicted molar refractivity (Wildman–Crippen MR) is 84.9 cm³/mol. The number of amides is 1. The molecule has 4 nitrogen and oxygen atoms in total. The second-order valence-corrected chi connectivity index (χ2v) is 5.43. The molecule has 0 atom stereocenters. The number of aliphatic carboxylic acids is 1. The molecule has 0 aliphatic carbocycles. The van der Waals surface area contributed by atoms with Crippen LogP contribution in [0.5, 0.6) is 0 Å². The van der Waals surface area contributed by atoms with Gasteiger partial charge in [-0.3, -0.25) is 9.59 Å². The summed E-state index contributed by atoms with van der Waals surface area (Å²) in [5.41, 5.74) is 0. The maximum atomic E-state index is 11.8. The quantitative estimate of drug-likeness (QED) is 0.418. The van der Waals surface area contributed by atoms with Crippen LogP contribution in [-0.4, -0.2) is 35.0 Å². The zero-order valence-electron chi connectivity index (χ0n) is 13.3. The molecule has 1 N–H and O–H groups in total. The lowest BCUT2D eigenvalue weighted by molar-refractivity contribution is -0.144. The Morgan fingerprint density at radius 1 is 1.00 bits per heavy atom. The van der Waals surface area contributed by atoms with Gasteiger partial charge in [-0.25, -0.2) is 0 Å². The fraction of sp³-hybridized carbons (Fsp3) is 0.765. The van der Waals surface area contributed by atoms with Gasteiger partial charge in [-0.2, -0.15) is 0 Å². The van der Waals surface area contributed by atoms with Crippen molar-refractivity contribution in [3.63, 3.8) is 0 Å². The van der Waals surface area contributed by atoms with Gasteiger partial charge in [0.05, 0.1) is 6.54 Å². The molecule has 0 saturated heterocycles. The average Bonchev–Trinajstić information content (AvgIpc) is 2.44. The van der Waals surface area contributed by atoms with Crippen molar-refractivity contribution in [2.75, 3.05) is 13.1 Å². The summed E-state index contributed by atoms with van der Waals surface area (Å²) in [6.45, 7) is 1.98. The maximum Gasteiger partial charge on any atom is 0.323 e. The molecule has 21 heavy (non-hydrogen) atoms. The zero-order valence-corrected chi connectivity index (χ0v) is 13.3. The minimum atomic E-state index is -1.02. The van der Waals surface area contributed by atoms with E-state index in [4.69, 9.17) is 11.5 Å². The van der Waals surface area contributed by atoms with E-state index in [0.29, 0.717) is 6.42 Å². The van der Waals surface area contributed by atoms with Gasteiger partial charge in [-0.05, 0) is 6.42 Å². The van der Waals surface area contributed by atoms with Crippen molar-refractivity contribution in [3.8, 4) is 12.3 Å². The normalized spacial score (nSPS) is 10.1.